The summed E-state index contributed by atoms with van der Waals surface area (Å²) in [5.74, 6) is 0.0745. The van der Waals surface area contributed by atoms with Crippen molar-refractivity contribution in [2.45, 2.75) is 6.92 Å². The number of Topliss-reactive ketones (excluding diaryl/α,β-unsaturated/α-hetero) is 1. The van der Waals surface area contributed by atoms with Gasteiger partial charge in [0.1, 0.15) is 0 Å². The fourth-order valence-corrected chi connectivity index (χ4v) is 1.24. The molecule has 0 spiro atoms. The number of fused-ring (bicyclic) bond motifs is 1. The zero-order valence-corrected chi connectivity index (χ0v) is 6.69. The third kappa shape index (κ3) is 0.906. The van der Waals surface area contributed by atoms with Gasteiger partial charge >= 0.3 is 0 Å². The van der Waals surface area contributed by atoms with Crippen LogP contribution >= 0.6 is 0 Å². The lowest BCUT2D eigenvalue weighted by molar-refractivity contribution is 0.101. The first kappa shape index (κ1) is 7.03. The number of carbonyl (C=O) groups is 1. The predicted octanol–water partition coefficient (Wildman–Crippen LogP) is 1.54. The van der Waals surface area contributed by atoms with Gasteiger partial charge in [0.25, 0.3) is 0 Å². The molecule has 3 nitrogen and oxygen atoms in total. The molecule has 0 saturated heterocycles. The van der Waals surface area contributed by atoms with Crippen molar-refractivity contribution in [3.05, 3.63) is 36.2 Å². The predicted molar refractivity (Wildman–Crippen MR) is 45.2 cm³/mol. The molecular weight excluding hydrogens is 152 g/mol. The van der Waals surface area contributed by atoms with Crippen molar-refractivity contribution in [2.24, 2.45) is 0 Å². The summed E-state index contributed by atoms with van der Waals surface area (Å²) in [6.45, 7) is 1.56. The van der Waals surface area contributed by atoms with Gasteiger partial charge in [0, 0.05) is 18.0 Å². The zero-order chi connectivity index (χ0) is 8.55. The normalized spacial score (nSPS) is 10.4. The Bertz CT molecular complexity index is 431. The third-order valence-electron chi connectivity index (χ3n) is 1.82. The van der Waals surface area contributed by atoms with E-state index in [1.54, 1.807) is 29.9 Å². The van der Waals surface area contributed by atoms with Crippen molar-refractivity contribution < 1.29 is 4.79 Å². The van der Waals surface area contributed by atoms with Crippen LogP contribution in [0.15, 0.2) is 30.6 Å². The van der Waals surface area contributed by atoms with Gasteiger partial charge in [0.05, 0.1) is 5.52 Å². The molecule has 0 radical (unpaired) electrons. The number of ketones is 1. The summed E-state index contributed by atoms with van der Waals surface area (Å²) in [5.41, 5.74) is 1.59. The van der Waals surface area contributed by atoms with Gasteiger partial charge < -0.3 is 0 Å². The molecule has 0 aliphatic carbocycles. The van der Waals surface area contributed by atoms with E-state index >= 15 is 0 Å². The zero-order valence-electron chi connectivity index (χ0n) is 6.69. The van der Waals surface area contributed by atoms with E-state index < -0.39 is 0 Å². The Kier molecular flexibility index (Phi) is 1.43. The molecule has 2 aromatic heterocycles. The molecule has 0 aliphatic heterocycles. The van der Waals surface area contributed by atoms with E-state index in [0.717, 1.165) is 11.1 Å². The fraction of sp³-hybridized carbons (Fsp3) is 0.111. The number of hydrogen-bond donors (Lipinski definition) is 0. The highest BCUT2D eigenvalue weighted by atomic mass is 16.1. The molecule has 0 amide bonds. The second kappa shape index (κ2) is 2.44. The van der Waals surface area contributed by atoms with Crippen LogP contribution in [0.1, 0.15) is 17.3 Å². The molecule has 60 valence electrons. The summed E-state index contributed by atoms with van der Waals surface area (Å²) in [7, 11) is 0. The average Bonchev–Trinajstić information content (AvgIpc) is 2.47. The lowest BCUT2D eigenvalue weighted by atomic mass is 10.2. The van der Waals surface area contributed by atoms with Crippen LogP contribution in [0.25, 0.3) is 5.52 Å². The molecule has 0 unspecified atom stereocenters. The van der Waals surface area contributed by atoms with Gasteiger partial charge in [0.2, 0.25) is 0 Å². The van der Waals surface area contributed by atoms with Gasteiger partial charge in [0.15, 0.2) is 5.78 Å². The summed E-state index contributed by atoms with van der Waals surface area (Å²) in [5, 5.41) is 4.05. The maximum Gasteiger partial charge on any atom is 0.162 e. The van der Waals surface area contributed by atoms with Crippen molar-refractivity contribution in [3.63, 3.8) is 0 Å². The van der Waals surface area contributed by atoms with Gasteiger partial charge in [-0.05, 0) is 25.1 Å². The quantitative estimate of drug-likeness (QED) is 0.593. The molecule has 0 saturated carbocycles. The number of carbonyl (C=O) groups excluding carboxylic acids is 1. The summed E-state index contributed by atoms with van der Waals surface area (Å²) in [4.78, 5) is 11.1. The Balaban J connectivity index is 2.79. The fourth-order valence-electron chi connectivity index (χ4n) is 1.24. The molecule has 0 aliphatic rings. The van der Waals surface area contributed by atoms with E-state index in [4.69, 9.17) is 0 Å². The second-order valence-electron chi connectivity index (χ2n) is 2.64. The topological polar surface area (TPSA) is 34.4 Å². The maximum atomic E-state index is 11.1. The lowest BCUT2D eigenvalue weighted by Crippen LogP contribution is -1.92. The minimum Gasteiger partial charge on any atom is -0.294 e. The number of hydrogen-bond acceptors (Lipinski definition) is 2. The van der Waals surface area contributed by atoms with Crippen LogP contribution in [0.4, 0.5) is 0 Å². The first-order chi connectivity index (χ1) is 5.79. The third-order valence-corrected chi connectivity index (χ3v) is 1.82. The molecule has 0 bridgehead atoms. The van der Waals surface area contributed by atoms with E-state index in [2.05, 4.69) is 5.10 Å². The van der Waals surface area contributed by atoms with Crippen LogP contribution in [-0.2, 0) is 0 Å². The van der Waals surface area contributed by atoms with Gasteiger partial charge in [-0.1, -0.05) is 0 Å². The van der Waals surface area contributed by atoms with E-state index in [9.17, 15) is 4.79 Å². The van der Waals surface area contributed by atoms with E-state index in [0.29, 0.717) is 0 Å². The van der Waals surface area contributed by atoms with Gasteiger partial charge in [-0.3, -0.25) is 4.79 Å². The van der Waals surface area contributed by atoms with Crippen molar-refractivity contribution in [2.75, 3.05) is 0 Å². The van der Waals surface area contributed by atoms with Crippen LogP contribution in [0.2, 0.25) is 0 Å². The molecule has 12 heavy (non-hydrogen) atoms. The maximum absolute atomic E-state index is 11.1. The highest BCUT2D eigenvalue weighted by Gasteiger charge is 2.05. The average molecular weight is 160 g/mol. The molecule has 2 aromatic rings. The summed E-state index contributed by atoms with van der Waals surface area (Å²) in [6, 6.07) is 5.48. The monoisotopic (exact) mass is 160 g/mol. The summed E-state index contributed by atoms with van der Waals surface area (Å²) < 4.78 is 1.69. The largest absolute Gasteiger partial charge is 0.294 e. The van der Waals surface area contributed by atoms with Crippen LogP contribution in [0, 0.1) is 0 Å². The smallest absolute Gasteiger partial charge is 0.162 e. The highest BCUT2D eigenvalue weighted by molar-refractivity contribution is 6.00. The molecule has 0 atom stereocenters. The number of aromatic nitrogens is 2. The molecule has 0 N–H and O–H groups in total. The van der Waals surface area contributed by atoms with Crippen molar-refractivity contribution in [1.29, 1.82) is 0 Å². The van der Waals surface area contributed by atoms with Gasteiger partial charge in [-0.2, -0.15) is 5.10 Å². The minimum atomic E-state index is 0.0745. The number of rotatable bonds is 1. The Morgan fingerprint density at radius 3 is 3.08 bits per heavy atom. The Hall–Kier alpha value is -1.64. The standard InChI is InChI=1S/C9H8N2O/c1-7(12)8-4-6-11-9(8)3-2-5-10-11/h2-6H,1H3. The molecule has 0 aromatic carbocycles. The van der Waals surface area contributed by atoms with Crippen molar-refractivity contribution in [1.82, 2.24) is 9.61 Å². The van der Waals surface area contributed by atoms with Crippen molar-refractivity contribution in [3.8, 4) is 0 Å². The minimum absolute atomic E-state index is 0.0745. The van der Waals surface area contributed by atoms with Gasteiger partial charge in [-0.25, -0.2) is 4.52 Å². The highest BCUT2D eigenvalue weighted by Crippen LogP contribution is 2.10. The first-order valence-electron chi connectivity index (χ1n) is 3.72. The van der Waals surface area contributed by atoms with E-state index in [1.807, 2.05) is 12.1 Å². The van der Waals surface area contributed by atoms with E-state index in [-0.39, 0.29) is 5.78 Å². The second-order valence-corrected chi connectivity index (χ2v) is 2.64. The molecule has 3 heteroatoms. The van der Waals surface area contributed by atoms with Crippen LogP contribution in [0.5, 0.6) is 0 Å². The first-order valence-corrected chi connectivity index (χ1v) is 3.72. The summed E-state index contributed by atoms with van der Waals surface area (Å²) in [6.07, 6.45) is 3.48. The summed E-state index contributed by atoms with van der Waals surface area (Å²) >= 11 is 0. The van der Waals surface area contributed by atoms with Crippen LogP contribution in [0.3, 0.4) is 0 Å². The molecular formula is C9H8N2O. The molecule has 0 fully saturated rings. The Morgan fingerprint density at radius 2 is 2.33 bits per heavy atom. The SMILES string of the molecule is CC(=O)c1ccn2ncccc12. The number of nitrogens with zero attached hydrogens (tertiary/aromatic N) is 2. The van der Waals surface area contributed by atoms with Crippen LogP contribution < -0.4 is 0 Å². The van der Waals surface area contributed by atoms with Gasteiger partial charge in [-0.15, -0.1) is 0 Å². The molecule has 2 rings (SSSR count). The van der Waals surface area contributed by atoms with E-state index in [1.165, 1.54) is 0 Å². The lowest BCUT2D eigenvalue weighted by Gasteiger charge is -1.92. The van der Waals surface area contributed by atoms with Crippen molar-refractivity contribution >= 4 is 11.3 Å². The Morgan fingerprint density at radius 1 is 1.50 bits per heavy atom. The van der Waals surface area contributed by atoms with Crippen LogP contribution in [-0.4, -0.2) is 15.4 Å². The molecule has 2 heterocycles. The Labute approximate surface area is 69.6 Å².